The molecule has 0 aliphatic carbocycles. The van der Waals surface area contributed by atoms with Crippen molar-refractivity contribution in [2.45, 2.75) is 6.42 Å². The zero-order valence-corrected chi connectivity index (χ0v) is 14.0. The molecule has 1 aromatic heterocycles. The van der Waals surface area contributed by atoms with E-state index in [2.05, 4.69) is 24.7 Å². The fourth-order valence-corrected chi connectivity index (χ4v) is 3.10. The van der Waals surface area contributed by atoms with Gasteiger partial charge in [-0.3, -0.25) is 4.90 Å². The summed E-state index contributed by atoms with van der Waals surface area (Å²) in [4.78, 5) is 16.2. The van der Waals surface area contributed by atoms with E-state index >= 15 is 0 Å². The minimum Gasteiger partial charge on any atom is -0.481 e. The summed E-state index contributed by atoms with van der Waals surface area (Å²) in [5.74, 6) is 1.41. The van der Waals surface area contributed by atoms with Gasteiger partial charge in [-0.1, -0.05) is 0 Å². The van der Waals surface area contributed by atoms with Gasteiger partial charge in [0.2, 0.25) is 11.8 Å². The molecule has 0 radical (unpaired) electrons. The lowest BCUT2D eigenvalue weighted by Gasteiger charge is -2.29. The van der Waals surface area contributed by atoms with Gasteiger partial charge >= 0.3 is 0 Å². The number of morpholine rings is 1. The van der Waals surface area contributed by atoms with Gasteiger partial charge in [0.25, 0.3) is 0 Å². The Morgan fingerprint density at radius 3 is 2.61 bits per heavy atom. The zero-order chi connectivity index (χ0) is 15.9. The van der Waals surface area contributed by atoms with Crippen LogP contribution in [0.4, 0.5) is 5.95 Å². The Hall–Kier alpha value is -1.44. The van der Waals surface area contributed by atoms with Crippen molar-refractivity contribution in [2.24, 2.45) is 0 Å². The molecule has 2 fully saturated rings. The van der Waals surface area contributed by atoms with E-state index < -0.39 is 0 Å². The van der Waals surface area contributed by atoms with Crippen LogP contribution in [-0.4, -0.2) is 92.4 Å². The molecule has 3 rings (SSSR count). The van der Waals surface area contributed by atoms with Crippen LogP contribution >= 0.6 is 0 Å². The van der Waals surface area contributed by atoms with E-state index in [4.69, 9.17) is 9.47 Å². The zero-order valence-electron chi connectivity index (χ0n) is 14.0. The lowest BCUT2D eigenvalue weighted by molar-refractivity contribution is 0.0337. The van der Waals surface area contributed by atoms with Gasteiger partial charge < -0.3 is 19.3 Å². The second-order valence-corrected chi connectivity index (χ2v) is 6.04. The highest BCUT2D eigenvalue weighted by Crippen LogP contribution is 2.14. The second-order valence-electron chi connectivity index (χ2n) is 6.04. The SMILES string of the molecule is COc1ccnc(N2CCCN(CCN3CCOCC3)CC2)n1. The van der Waals surface area contributed by atoms with Crippen LogP contribution in [0.2, 0.25) is 0 Å². The first-order valence-corrected chi connectivity index (χ1v) is 8.49. The van der Waals surface area contributed by atoms with E-state index in [1.54, 1.807) is 19.4 Å². The molecule has 2 aliphatic rings. The third kappa shape index (κ3) is 4.76. The number of ether oxygens (including phenoxy) is 2. The van der Waals surface area contributed by atoms with Crippen molar-refractivity contribution in [3.63, 3.8) is 0 Å². The lowest BCUT2D eigenvalue weighted by Crippen LogP contribution is -2.42. The van der Waals surface area contributed by atoms with Gasteiger partial charge in [0.15, 0.2) is 0 Å². The van der Waals surface area contributed by atoms with Crippen LogP contribution in [0.25, 0.3) is 0 Å². The maximum Gasteiger partial charge on any atom is 0.228 e. The van der Waals surface area contributed by atoms with Crippen LogP contribution in [-0.2, 0) is 4.74 Å². The Kier molecular flexibility index (Phi) is 6.01. The first-order chi connectivity index (χ1) is 11.3. The summed E-state index contributed by atoms with van der Waals surface area (Å²) in [6.07, 6.45) is 2.91. The molecule has 0 saturated carbocycles. The first kappa shape index (κ1) is 16.4. The monoisotopic (exact) mass is 321 g/mol. The molecule has 2 aliphatic heterocycles. The van der Waals surface area contributed by atoms with E-state index in [1.807, 2.05) is 0 Å². The van der Waals surface area contributed by atoms with Gasteiger partial charge in [0.05, 0.1) is 20.3 Å². The van der Waals surface area contributed by atoms with Gasteiger partial charge in [-0.15, -0.1) is 0 Å². The number of aromatic nitrogens is 2. The van der Waals surface area contributed by atoms with Crippen molar-refractivity contribution >= 4 is 5.95 Å². The lowest BCUT2D eigenvalue weighted by atomic mass is 10.3. The summed E-state index contributed by atoms with van der Waals surface area (Å²) in [6.45, 7) is 10.3. The van der Waals surface area contributed by atoms with Gasteiger partial charge in [-0.05, 0) is 13.0 Å². The molecule has 0 bridgehead atoms. The molecule has 2 saturated heterocycles. The first-order valence-electron chi connectivity index (χ1n) is 8.49. The van der Waals surface area contributed by atoms with E-state index in [0.717, 1.165) is 77.9 Å². The molecule has 7 heteroatoms. The molecule has 0 atom stereocenters. The van der Waals surface area contributed by atoms with Crippen LogP contribution < -0.4 is 9.64 Å². The summed E-state index contributed by atoms with van der Waals surface area (Å²) in [6, 6.07) is 1.79. The predicted molar refractivity (Wildman–Crippen MR) is 89.1 cm³/mol. The minimum absolute atomic E-state index is 0.628. The average Bonchev–Trinajstić information content (AvgIpc) is 2.86. The average molecular weight is 321 g/mol. The quantitative estimate of drug-likeness (QED) is 0.774. The Balaban J connectivity index is 1.48. The fourth-order valence-electron chi connectivity index (χ4n) is 3.10. The highest BCUT2D eigenvalue weighted by Gasteiger charge is 2.18. The van der Waals surface area contributed by atoms with Crippen molar-refractivity contribution < 1.29 is 9.47 Å². The number of anilines is 1. The number of hydrogen-bond donors (Lipinski definition) is 0. The number of methoxy groups -OCH3 is 1. The van der Waals surface area contributed by atoms with Crippen LogP contribution in [0.15, 0.2) is 12.3 Å². The molecular weight excluding hydrogens is 294 g/mol. The Morgan fingerprint density at radius 2 is 1.83 bits per heavy atom. The molecule has 0 amide bonds. The largest absolute Gasteiger partial charge is 0.481 e. The molecule has 0 spiro atoms. The predicted octanol–water partition coefficient (Wildman–Crippen LogP) is 0.330. The van der Waals surface area contributed by atoms with Gasteiger partial charge in [0.1, 0.15) is 0 Å². The third-order valence-electron chi connectivity index (χ3n) is 4.53. The van der Waals surface area contributed by atoms with Crippen LogP contribution in [0.5, 0.6) is 5.88 Å². The third-order valence-corrected chi connectivity index (χ3v) is 4.53. The smallest absolute Gasteiger partial charge is 0.228 e. The molecule has 0 aromatic carbocycles. The fraction of sp³-hybridized carbons (Fsp3) is 0.750. The minimum atomic E-state index is 0.628. The van der Waals surface area contributed by atoms with E-state index in [9.17, 15) is 0 Å². The number of nitrogens with zero attached hydrogens (tertiary/aromatic N) is 5. The van der Waals surface area contributed by atoms with Crippen molar-refractivity contribution in [1.29, 1.82) is 0 Å². The molecule has 0 N–H and O–H groups in total. The van der Waals surface area contributed by atoms with Crippen molar-refractivity contribution in [3.8, 4) is 5.88 Å². The Bertz CT molecular complexity index is 481. The highest BCUT2D eigenvalue weighted by molar-refractivity contribution is 5.32. The van der Waals surface area contributed by atoms with Gasteiger partial charge in [-0.2, -0.15) is 4.98 Å². The van der Waals surface area contributed by atoms with E-state index in [1.165, 1.54) is 0 Å². The Morgan fingerprint density at radius 1 is 1.04 bits per heavy atom. The summed E-state index contributed by atoms with van der Waals surface area (Å²) in [5.41, 5.74) is 0. The highest BCUT2D eigenvalue weighted by atomic mass is 16.5. The van der Waals surface area contributed by atoms with Gasteiger partial charge in [0, 0.05) is 58.1 Å². The summed E-state index contributed by atoms with van der Waals surface area (Å²) >= 11 is 0. The normalized spacial score (nSPS) is 21.2. The summed E-state index contributed by atoms with van der Waals surface area (Å²) in [7, 11) is 1.64. The molecule has 23 heavy (non-hydrogen) atoms. The Labute approximate surface area is 138 Å². The maximum absolute atomic E-state index is 5.41. The second kappa shape index (κ2) is 8.42. The van der Waals surface area contributed by atoms with Crippen molar-refractivity contribution in [1.82, 2.24) is 19.8 Å². The standard InChI is InChI=1S/C16H27N5O2/c1-22-15-3-4-17-16(18-15)21-6-2-5-19(9-10-21)7-8-20-11-13-23-14-12-20/h3-4H,2,5-14H2,1H3. The van der Waals surface area contributed by atoms with Gasteiger partial charge in [-0.25, -0.2) is 4.98 Å². The summed E-state index contributed by atoms with van der Waals surface area (Å²) in [5, 5.41) is 0. The molecule has 1 aromatic rings. The van der Waals surface area contributed by atoms with Crippen molar-refractivity contribution in [2.75, 3.05) is 77.6 Å². The maximum atomic E-state index is 5.41. The molecule has 7 nitrogen and oxygen atoms in total. The summed E-state index contributed by atoms with van der Waals surface area (Å²) < 4.78 is 10.6. The topological polar surface area (TPSA) is 54.0 Å². The molecule has 128 valence electrons. The van der Waals surface area contributed by atoms with E-state index in [-0.39, 0.29) is 0 Å². The number of hydrogen-bond acceptors (Lipinski definition) is 7. The van der Waals surface area contributed by atoms with E-state index in [0.29, 0.717) is 5.88 Å². The molecule has 0 unspecified atom stereocenters. The molecule has 3 heterocycles. The van der Waals surface area contributed by atoms with Crippen LogP contribution in [0, 0.1) is 0 Å². The van der Waals surface area contributed by atoms with Crippen LogP contribution in [0.1, 0.15) is 6.42 Å². The van der Waals surface area contributed by atoms with Crippen LogP contribution in [0.3, 0.4) is 0 Å². The number of rotatable bonds is 5. The van der Waals surface area contributed by atoms with Crippen molar-refractivity contribution in [3.05, 3.63) is 12.3 Å². The molecular formula is C16H27N5O2.